The summed E-state index contributed by atoms with van der Waals surface area (Å²) in [5.41, 5.74) is 5.68. The fourth-order valence-corrected chi connectivity index (χ4v) is 3.33. The number of ether oxygens (including phenoxy) is 1. The molecule has 0 spiro atoms. The van der Waals surface area contributed by atoms with E-state index in [9.17, 15) is 10.1 Å². The first-order chi connectivity index (χ1) is 15.5. The summed E-state index contributed by atoms with van der Waals surface area (Å²) in [6.45, 7) is 6.27. The van der Waals surface area contributed by atoms with Crippen molar-refractivity contribution in [2.45, 2.75) is 40.0 Å². The quantitative estimate of drug-likeness (QED) is 0.181. The molecule has 32 heavy (non-hydrogen) atoms. The molecule has 0 fully saturated rings. The maximum atomic E-state index is 11.6. The minimum absolute atomic E-state index is 0.468. The number of hydrogen-bond donors (Lipinski definition) is 0. The normalized spacial score (nSPS) is 12.1. The predicted octanol–water partition coefficient (Wildman–Crippen LogP) is 6.84. The van der Waals surface area contributed by atoms with E-state index < -0.39 is 0 Å². The van der Waals surface area contributed by atoms with E-state index in [0.29, 0.717) is 29.9 Å². The largest absolute Gasteiger partial charge is 0.493 e. The number of carbonyl (C=O) groups excluding carboxylic acids is 1. The Morgan fingerprint density at radius 2 is 1.84 bits per heavy atom. The summed E-state index contributed by atoms with van der Waals surface area (Å²) in [6, 6.07) is 18.0. The average molecular weight is 425 g/mol. The van der Waals surface area contributed by atoms with Crippen LogP contribution in [-0.4, -0.2) is 12.9 Å². The summed E-state index contributed by atoms with van der Waals surface area (Å²) in [5, 5.41) is 18.4. The second kappa shape index (κ2) is 12.7. The molecule has 0 aliphatic carbocycles. The van der Waals surface area contributed by atoms with Crippen LogP contribution in [0, 0.1) is 29.6 Å². The summed E-state index contributed by atoms with van der Waals surface area (Å²) >= 11 is 0. The van der Waals surface area contributed by atoms with Gasteiger partial charge in [-0.15, -0.1) is 0 Å². The predicted molar refractivity (Wildman–Crippen MR) is 129 cm³/mol. The van der Waals surface area contributed by atoms with Crippen molar-refractivity contribution in [2.24, 2.45) is 0 Å². The molecule has 2 rings (SSSR count). The number of benzene rings is 2. The maximum Gasteiger partial charge on any atom is 0.153 e. The number of carbonyl (C=O) groups is 1. The van der Waals surface area contributed by atoms with Crippen molar-refractivity contribution < 1.29 is 9.53 Å². The lowest BCUT2D eigenvalue weighted by Crippen LogP contribution is -2.01. The standard InChI is InChI=1S/C28H28N2O2/c1-4-26(23-11-7-5-8-12-23)27(19-30)21(2)13-14-24-18-25(20-31)28(17-22(24)3)32-16-10-6-9-15-29/h4-5,7-8,11-14,17-18,20H,6,9-10,16H2,1-3H3/b14-13+,26-4-,27-21+. The first kappa shape index (κ1) is 24.4. The van der Waals surface area contributed by atoms with Crippen LogP contribution in [0.4, 0.5) is 0 Å². The molecule has 162 valence electrons. The highest BCUT2D eigenvalue weighted by Gasteiger charge is 2.10. The number of aryl methyl sites for hydroxylation is 1. The van der Waals surface area contributed by atoms with Crippen LogP contribution >= 0.6 is 0 Å². The van der Waals surface area contributed by atoms with Crippen LogP contribution in [0.25, 0.3) is 11.6 Å². The second-order valence-electron chi connectivity index (χ2n) is 7.40. The van der Waals surface area contributed by atoms with E-state index >= 15 is 0 Å². The SMILES string of the molecule is C\C=C(/C(C#N)=C(C)/C=C/c1cc(C=O)c(OCCCCC#N)cc1C)c1ccccc1. The van der Waals surface area contributed by atoms with Gasteiger partial charge in [0, 0.05) is 6.42 Å². The molecule has 0 saturated heterocycles. The molecular weight excluding hydrogens is 396 g/mol. The van der Waals surface area contributed by atoms with Crippen LogP contribution in [0.15, 0.2) is 65.8 Å². The van der Waals surface area contributed by atoms with Crippen LogP contribution in [-0.2, 0) is 0 Å². The zero-order chi connectivity index (χ0) is 23.3. The van der Waals surface area contributed by atoms with Gasteiger partial charge in [-0.2, -0.15) is 10.5 Å². The molecule has 2 aromatic rings. The van der Waals surface area contributed by atoms with Crippen LogP contribution < -0.4 is 4.74 Å². The number of rotatable bonds is 10. The van der Waals surface area contributed by atoms with E-state index in [2.05, 4.69) is 12.1 Å². The third-order valence-corrected chi connectivity index (χ3v) is 5.13. The van der Waals surface area contributed by atoms with Crippen molar-refractivity contribution in [3.8, 4) is 17.9 Å². The Bertz CT molecular complexity index is 1110. The van der Waals surface area contributed by atoms with Gasteiger partial charge in [-0.1, -0.05) is 48.6 Å². The number of allylic oxidation sites excluding steroid dienone is 5. The van der Waals surface area contributed by atoms with E-state index in [0.717, 1.165) is 47.0 Å². The van der Waals surface area contributed by atoms with Crippen molar-refractivity contribution in [1.29, 1.82) is 10.5 Å². The third kappa shape index (κ3) is 6.56. The highest BCUT2D eigenvalue weighted by atomic mass is 16.5. The summed E-state index contributed by atoms with van der Waals surface area (Å²) < 4.78 is 5.76. The monoisotopic (exact) mass is 424 g/mol. The lowest BCUT2D eigenvalue weighted by molar-refractivity contribution is 0.111. The molecule has 4 nitrogen and oxygen atoms in total. The van der Waals surface area contributed by atoms with Gasteiger partial charge < -0.3 is 4.74 Å². The molecule has 0 unspecified atom stereocenters. The van der Waals surface area contributed by atoms with Crippen molar-refractivity contribution in [2.75, 3.05) is 6.61 Å². The van der Waals surface area contributed by atoms with Crippen LogP contribution in [0.5, 0.6) is 5.75 Å². The molecule has 0 saturated carbocycles. The lowest BCUT2D eigenvalue weighted by Gasteiger charge is -2.11. The number of nitrogens with zero attached hydrogens (tertiary/aromatic N) is 2. The van der Waals surface area contributed by atoms with Crippen LogP contribution in [0.2, 0.25) is 0 Å². The molecule has 0 heterocycles. The van der Waals surface area contributed by atoms with E-state index in [1.165, 1.54) is 0 Å². The Kier molecular flexibility index (Phi) is 9.70. The molecule has 0 bridgehead atoms. The summed E-state index contributed by atoms with van der Waals surface area (Å²) in [5.74, 6) is 0.553. The van der Waals surface area contributed by atoms with Gasteiger partial charge in [-0.25, -0.2) is 0 Å². The van der Waals surface area contributed by atoms with Crippen LogP contribution in [0.1, 0.15) is 60.2 Å². The molecule has 0 atom stereocenters. The van der Waals surface area contributed by atoms with Gasteiger partial charge in [0.15, 0.2) is 6.29 Å². The molecule has 0 N–H and O–H groups in total. The molecule has 0 amide bonds. The first-order valence-corrected chi connectivity index (χ1v) is 10.7. The van der Waals surface area contributed by atoms with E-state index in [4.69, 9.17) is 10.00 Å². The maximum absolute atomic E-state index is 11.6. The molecule has 0 aliphatic heterocycles. The van der Waals surface area contributed by atoms with Crippen LogP contribution in [0.3, 0.4) is 0 Å². The molecular formula is C28H28N2O2. The topological polar surface area (TPSA) is 73.9 Å². The van der Waals surface area contributed by atoms with Gasteiger partial charge in [-0.3, -0.25) is 4.79 Å². The minimum Gasteiger partial charge on any atom is -0.493 e. The van der Waals surface area contributed by atoms with E-state index in [1.807, 2.05) is 75.4 Å². The average Bonchev–Trinajstić information content (AvgIpc) is 2.82. The fourth-order valence-electron chi connectivity index (χ4n) is 3.33. The number of unbranched alkanes of at least 4 members (excludes halogenated alkanes) is 2. The Hall–Kier alpha value is -3.89. The number of nitriles is 2. The van der Waals surface area contributed by atoms with Crippen molar-refractivity contribution in [3.63, 3.8) is 0 Å². The smallest absolute Gasteiger partial charge is 0.153 e. The summed E-state index contributed by atoms with van der Waals surface area (Å²) in [7, 11) is 0. The Morgan fingerprint density at radius 3 is 2.47 bits per heavy atom. The van der Waals surface area contributed by atoms with Gasteiger partial charge in [0.25, 0.3) is 0 Å². The molecule has 0 aromatic heterocycles. The Morgan fingerprint density at radius 1 is 1.09 bits per heavy atom. The Labute approximate surface area is 190 Å². The first-order valence-electron chi connectivity index (χ1n) is 10.7. The second-order valence-corrected chi connectivity index (χ2v) is 7.40. The highest BCUT2D eigenvalue weighted by molar-refractivity contribution is 5.85. The molecule has 4 heteroatoms. The zero-order valence-corrected chi connectivity index (χ0v) is 18.9. The van der Waals surface area contributed by atoms with Gasteiger partial charge in [0.05, 0.1) is 23.8 Å². The van der Waals surface area contributed by atoms with Crippen molar-refractivity contribution >= 4 is 17.9 Å². The van der Waals surface area contributed by atoms with Gasteiger partial charge in [-0.05, 0) is 73.6 Å². The van der Waals surface area contributed by atoms with E-state index in [1.54, 1.807) is 6.07 Å². The van der Waals surface area contributed by atoms with Crippen molar-refractivity contribution in [3.05, 3.63) is 88.0 Å². The van der Waals surface area contributed by atoms with Gasteiger partial charge in [0.2, 0.25) is 0 Å². The Balaban J connectivity index is 2.28. The zero-order valence-electron chi connectivity index (χ0n) is 18.9. The number of aldehydes is 1. The summed E-state index contributed by atoms with van der Waals surface area (Å²) in [6.07, 6.45) is 8.61. The lowest BCUT2D eigenvalue weighted by atomic mass is 9.94. The van der Waals surface area contributed by atoms with E-state index in [-0.39, 0.29) is 0 Å². The molecule has 0 aliphatic rings. The minimum atomic E-state index is 0.468. The third-order valence-electron chi connectivity index (χ3n) is 5.13. The molecule has 0 radical (unpaired) electrons. The van der Waals surface area contributed by atoms with Gasteiger partial charge >= 0.3 is 0 Å². The summed E-state index contributed by atoms with van der Waals surface area (Å²) in [4.78, 5) is 11.6. The number of hydrogen-bond acceptors (Lipinski definition) is 4. The fraction of sp³-hybridized carbons (Fsp3) is 0.250. The highest BCUT2D eigenvalue weighted by Crippen LogP contribution is 2.27. The van der Waals surface area contributed by atoms with Crippen molar-refractivity contribution in [1.82, 2.24) is 0 Å². The van der Waals surface area contributed by atoms with Gasteiger partial charge in [0.1, 0.15) is 11.8 Å². The molecule has 2 aromatic carbocycles.